The summed E-state index contributed by atoms with van der Waals surface area (Å²) < 4.78 is 9.38. The van der Waals surface area contributed by atoms with Crippen molar-refractivity contribution in [1.82, 2.24) is 4.98 Å². The van der Waals surface area contributed by atoms with Gasteiger partial charge in [0, 0.05) is 18.4 Å². The van der Waals surface area contributed by atoms with E-state index in [1.165, 1.54) is 7.11 Å². The molecule has 0 spiro atoms. The zero-order valence-electron chi connectivity index (χ0n) is 10.5. The van der Waals surface area contributed by atoms with E-state index in [0.717, 1.165) is 0 Å². The van der Waals surface area contributed by atoms with Crippen LogP contribution in [0.15, 0.2) is 12.1 Å². The number of hydrogen-bond donors (Lipinski definition) is 0. The van der Waals surface area contributed by atoms with Gasteiger partial charge in [-0.15, -0.1) is 0 Å². The van der Waals surface area contributed by atoms with E-state index in [4.69, 9.17) is 4.74 Å². The second kappa shape index (κ2) is 7.11. The van der Waals surface area contributed by atoms with Crippen LogP contribution in [0.2, 0.25) is 0 Å². The van der Waals surface area contributed by atoms with Crippen molar-refractivity contribution in [1.29, 1.82) is 0 Å². The number of methoxy groups -OCH3 is 2. The van der Waals surface area contributed by atoms with Crippen LogP contribution in [-0.4, -0.2) is 31.8 Å². The Hall–Kier alpha value is -2.30. The third-order valence-corrected chi connectivity index (χ3v) is 1.92. The van der Waals surface area contributed by atoms with Crippen molar-refractivity contribution >= 4 is 5.97 Å². The zero-order chi connectivity index (χ0) is 13.4. The number of aryl methyl sites for hydroxylation is 1. The number of pyridine rings is 1. The van der Waals surface area contributed by atoms with Crippen molar-refractivity contribution in [3.05, 3.63) is 29.1 Å². The van der Waals surface area contributed by atoms with Gasteiger partial charge in [0.25, 0.3) is 0 Å². The smallest absolute Gasteiger partial charge is 0.356 e. The average molecular weight is 243 g/mol. The molecule has 1 aromatic heterocycles. The molecule has 0 amide bonds. The highest BCUT2D eigenvalue weighted by Gasteiger charge is 2.08. The van der Waals surface area contributed by atoms with Crippen LogP contribution in [0.3, 0.4) is 0 Å². The first-order valence-corrected chi connectivity index (χ1v) is 5.22. The lowest BCUT2D eigenvalue weighted by Gasteiger charge is -2.00. The Balaban J connectivity index is 2.94. The van der Waals surface area contributed by atoms with Gasteiger partial charge in [-0.3, -0.25) is 0 Å². The lowest BCUT2D eigenvalue weighted by Crippen LogP contribution is -2.05. The fourth-order valence-corrected chi connectivity index (χ4v) is 1.21. The minimum absolute atomic E-state index is 0.242. The molecule has 0 saturated heterocycles. The minimum atomic E-state index is -0.479. The Morgan fingerprint density at radius 2 is 2.11 bits per heavy atom. The van der Waals surface area contributed by atoms with E-state index in [1.807, 2.05) is 0 Å². The van der Waals surface area contributed by atoms with Gasteiger partial charge in [-0.05, 0) is 30.9 Å². The molecule has 4 heteroatoms. The number of esters is 1. The van der Waals surface area contributed by atoms with Gasteiger partial charge >= 0.3 is 5.97 Å². The van der Waals surface area contributed by atoms with Crippen molar-refractivity contribution in [2.75, 3.05) is 20.8 Å². The first kappa shape index (κ1) is 13.8. The Kier molecular flexibility index (Phi) is 5.44. The van der Waals surface area contributed by atoms with E-state index in [0.29, 0.717) is 17.9 Å². The minimum Gasteiger partial charge on any atom is -0.464 e. The van der Waals surface area contributed by atoms with Gasteiger partial charge in [0.1, 0.15) is 12.3 Å². The van der Waals surface area contributed by atoms with Gasteiger partial charge in [-0.2, -0.15) is 0 Å². The molecule has 0 aliphatic rings. The van der Waals surface area contributed by atoms with Crippen molar-refractivity contribution in [3.8, 4) is 23.7 Å². The maximum Gasteiger partial charge on any atom is 0.356 e. The molecule has 0 bridgehead atoms. The Bertz CT molecular complexity index is 556. The largest absolute Gasteiger partial charge is 0.464 e. The molecular formula is C14H13NO3. The van der Waals surface area contributed by atoms with Gasteiger partial charge in [-0.1, -0.05) is 11.8 Å². The predicted octanol–water partition coefficient (Wildman–Crippen LogP) is 1.18. The number of aromatic nitrogens is 1. The standard InChI is InChI=1S/C14H13NO3/c1-11-9-12(7-5-4-6-8-17-2)10-13(15-11)14(16)18-3/h9-10H,8H2,1-3H3. The van der Waals surface area contributed by atoms with E-state index in [-0.39, 0.29) is 5.69 Å². The topological polar surface area (TPSA) is 48.4 Å². The van der Waals surface area contributed by atoms with E-state index >= 15 is 0 Å². The summed E-state index contributed by atoms with van der Waals surface area (Å²) in [5, 5.41) is 0. The van der Waals surface area contributed by atoms with E-state index < -0.39 is 5.97 Å². The fourth-order valence-electron chi connectivity index (χ4n) is 1.21. The van der Waals surface area contributed by atoms with Crippen molar-refractivity contribution in [2.24, 2.45) is 0 Å². The number of carbonyl (C=O) groups excluding carboxylic acids is 1. The second-order valence-electron chi connectivity index (χ2n) is 3.36. The highest BCUT2D eigenvalue weighted by Crippen LogP contribution is 2.05. The van der Waals surface area contributed by atoms with Crippen LogP contribution in [0.1, 0.15) is 21.7 Å². The van der Waals surface area contributed by atoms with Crippen molar-refractivity contribution in [2.45, 2.75) is 6.92 Å². The normalized spacial score (nSPS) is 8.61. The fraction of sp³-hybridized carbons (Fsp3) is 0.286. The SMILES string of the molecule is COCC#CC#Cc1cc(C)nc(C(=O)OC)c1. The Morgan fingerprint density at radius 1 is 1.33 bits per heavy atom. The van der Waals surface area contributed by atoms with Crippen LogP contribution in [0.5, 0.6) is 0 Å². The summed E-state index contributed by atoms with van der Waals surface area (Å²) in [4.78, 5) is 15.4. The van der Waals surface area contributed by atoms with Gasteiger partial charge in [-0.25, -0.2) is 9.78 Å². The van der Waals surface area contributed by atoms with Crippen LogP contribution in [0.4, 0.5) is 0 Å². The van der Waals surface area contributed by atoms with E-state index in [2.05, 4.69) is 33.4 Å². The van der Waals surface area contributed by atoms with Crippen LogP contribution >= 0.6 is 0 Å². The molecular weight excluding hydrogens is 230 g/mol. The van der Waals surface area contributed by atoms with Crippen LogP contribution < -0.4 is 0 Å². The van der Waals surface area contributed by atoms with Crippen LogP contribution in [-0.2, 0) is 9.47 Å². The number of hydrogen-bond acceptors (Lipinski definition) is 4. The summed E-state index contributed by atoms with van der Waals surface area (Å²) in [7, 11) is 2.88. The summed E-state index contributed by atoms with van der Waals surface area (Å²) in [6, 6.07) is 3.35. The maximum absolute atomic E-state index is 11.4. The Labute approximate surface area is 106 Å². The average Bonchev–Trinajstić information content (AvgIpc) is 2.37. The molecule has 0 radical (unpaired) electrons. The molecule has 0 unspecified atom stereocenters. The number of nitrogens with zero attached hydrogens (tertiary/aromatic N) is 1. The number of carbonyl (C=O) groups is 1. The third kappa shape index (κ3) is 4.29. The molecule has 0 aliphatic carbocycles. The molecule has 0 atom stereocenters. The summed E-state index contributed by atoms with van der Waals surface area (Å²) in [6.07, 6.45) is 0. The summed E-state index contributed by atoms with van der Waals surface area (Å²) in [6.45, 7) is 2.13. The van der Waals surface area contributed by atoms with Crippen LogP contribution in [0, 0.1) is 30.6 Å². The molecule has 18 heavy (non-hydrogen) atoms. The molecule has 4 nitrogen and oxygen atoms in total. The number of ether oxygens (including phenoxy) is 2. The van der Waals surface area contributed by atoms with Crippen LogP contribution in [0.25, 0.3) is 0 Å². The summed E-state index contributed by atoms with van der Waals surface area (Å²) in [5.74, 6) is 10.4. The lowest BCUT2D eigenvalue weighted by molar-refractivity contribution is 0.0593. The molecule has 1 aromatic rings. The van der Waals surface area contributed by atoms with Gasteiger partial charge in [0.2, 0.25) is 0 Å². The summed E-state index contributed by atoms with van der Waals surface area (Å²) >= 11 is 0. The van der Waals surface area contributed by atoms with Crippen molar-refractivity contribution < 1.29 is 14.3 Å². The monoisotopic (exact) mass is 243 g/mol. The molecule has 0 fully saturated rings. The summed E-state index contributed by atoms with van der Waals surface area (Å²) in [5.41, 5.74) is 1.62. The maximum atomic E-state index is 11.4. The number of rotatable bonds is 2. The molecule has 1 rings (SSSR count). The van der Waals surface area contributed by atoms with E-state index in [1.54, 1.807) is 26.2 Å². The first-order chi connectivity index (χ1) is 8.67. The molecule has 92 valence electrons. The van der Waals surface area contributed by atoms with E-state index in [9.17, 15) is 4.79 Å². The molecule has 0 saturated carbocycles. The zero-order valence-corrected chi connectivity index (χ0v) is 10.5. The quantitative estimate of drug-likeness (QED) is 0.578. The predicted molar refractivity (Wildman–Crippen MR) is 66.8 cm³/mol. The molecule has 0 N–H and O–H groups in total. The third-order valence-electron chi connectivity index (χ3n) is 1.92. The second-order valence-corrected chi connectivity index (χ2v) is 3.36. The highest BCUT2D eigenvalue weighted by molar-refractivity contribution is 5.87. The van der Waals surface area contributed by atoms with Gasteiger partial charge in [0.15, 0.2) is 0 Å². The molecule has 0 aliphatic heterocycles. The molecule has 1 heterocycles. The molecule has 0 aromatic carbocycles. The van der Waals surface area contributed by atoms with Gasteiger partial charge in [0.05, 0.1) is 7.11 Å². The highest BCUT2D eigenvalue weighted by atomic mass is 16.5. The first-order valence-electron chi connectivity index (χ1n) is 5.22. The Morgan fingerprint density at radius 3 is 2.78 bits per heavy atom. The van der Waals surface area contributed by atoms with Crippen molar-refractivity contribution in [3.63, 3.8) is 0 Å². The lowest BCUT2D eigenvalue weighted by atomic mass is 10.2. The van der Waals surface area contributed by atoms with Gasteiger partial charge < -0.3 is 9.47 Å².